The summed E-state index contributed by atoms with van der Waals surface area (Å²) in [5.74, 6) is 0. The number of hydrogen-bond donors (Lipinski definition) is 0. The molecule has 340 valence electrons. The summed E-state index contributed by atoms with van der Waals surface area (Å²) in [4.78, 5) is 4.53. The molecule has 0 aliphatic carbocycles. The van der Waals surface area contributed by atoms with E-state index < -0.39 is 18.1 Å². The van der Waals surface area contributed by atoms with Crippen molar-refractivity contribution in [2.24, 2.45) is 0 Å². The molecule has 4 aromatic heterocycles. The standard InChI is InChI=1S/C68H36N4S2/c1-70-62-57(40-21-7-3-8-22-40)52(38-69)63(58(41-23-9-4-10-24-41)65(62)71-53-31-17-29-46-42-25-11-12-26-43(42)47-30-18-32-54(71)61(47)60(46)53)72-64-49(36-35-48-44-27-13-15-33-55(44)73-67(48)64)59-50(39-19-5-2-6-20-39)37-51-45-28-14-16-34-56(45)74-68(51)66(59)72/h2-37H/i2D,5D,6D,11D,12D,19D,20D,25D,26D. The van der Waals surface area contributed by atoms with Gasteiger partial charge < -0.3 is 9.13 Å². The third kappa shape index (κ3) is 5.43. The average Bonchev–Trinajstić information content (AvgIpc) is 1.73. The fourth-order valence-corrected chi connectivity index (χ4v) is 14.5. The highest BCUT2D eigenvalue weighted by atomic mass is 32.1. The molecule has 0 unspecified atom stereocenters. The molecule has 12 aromatic carbocycles. The summed E-state index contributed by atoms with van der Waals surface area (Å²) in [5, 5.41) is 20.9. The minimum absolute atomic E-state index is 0.0385. The van der Waals surface area contributed by atoms with Crippen molar-refractivity contribution < 1.29 is 12.3 Å². The fourth-order valence-electron chi connectivity index (χ4n) is 12.1. The molecule has 0 aliphatic heterocycles. The van der Waals surface area contributed by atoms with Crippen LogP contribution < -0.4 is 0 Å². The molecule has 0 fully saturated rings. The van der Waals surface area contributed by atoms with Crippen LogP contribution in [0.2, 0.25) is 0 Å². The lowest BCUT2D eigenvalue weighted by molar-refractivity contribution is 1.14. The van der Waals surface area contributed by atoms with Crippen LogP contribution in [-0.2, 0) is 0 Å². The first-order valence-electron chi connectivity index (χ1n) is 28.5. The van der Waals surface area contributed by atoms with E-state index in [4.69, 9.17) is 6.85 Å². The monoisotopic (exact) mass is 981 g/mol. The Labute approximate surface area is 444 Å². The van der Waals surface area contributed by atoms with Gasteiger partial charge in [0.05, 0.1) is 67.3 Å². The Morgan fingerprint density at radius 3 is 1.61 bits per heavy atom. The Kier molecular flexibility index (Phi) is 6.93. The van der Waals surface area contributed by atoms with E-state index in [1.165, 1.54) is 0 Å². The third-order valence-corrected chi connectivity index (χ3v) is 17.3. The maximum atomic E-state index is 12.4. The van der Waals surface area contributed by atoms with Gasteiger partial charge >= 0.3 is 0 Å². The molecule has 16 rings (SSSR count). The number of rotatable bonds is 5. The second-order valence-corrected chi connectivity index (χ2v) is 20.6. The zero-order valence-corrected chi connectivity index (χ0v) is 40.3. The molecule has 4 nitrogen and oxygen atoms in total. The van der Waals surface area contributed by atoms with Gasteiger partial charge in [0.25, 0.3) is 0 Å². The van der Waals surface area contributed by atoms with Crippen LogP contribution >= 0.6 is 22.7 Å². The predicted octanol–water partition coefficient (Wildman–Crippen LogP) is 19.8. The summed E-state index contributed by atoms with van der Waals surface area (Å²) >= 11 is 3.18. The van der Waals surface area contributed by atoms with Crippen LogP contribution in [0.25, 0.3) is 155 Å². The highest BCUT2D eigenvalue weighted by Gasteiger charge is 2.34. The zero-order chi connectivity index (χ0) is 56.6. The van der Waals surface area contributed by atoms with Crippen LogP contribution in [0, 0.1) is 17.9 Å². The Bertz CT molecular complexity index is 5580. The summed E-state index contributed by atoms with van der Waals surface area (Å²) in [5.41, 5.74) is 6.64. The van der Waals surface area contributed by atoms with E-state index >= 15 is 0 Å². The number of fused-ring (bicyclic) bond motifs is 14. The summed E-state index contributed by atoms with van der Waals surface area (Å²) in [6.45, 7) is 9.52. The van der Waals surface area contributed by atoms with Gasteiger partial charge in [-0.1, -0.05) is 188 Å². The molecule has 0 radical (unpaired) electrons. The lowest BCUT2D eigenvalue weighted by atomic mass is 9.88. The van der Waals surface area contributed by atoms with Crippen molar-refractivity contribution in [1.29, 1.82) is 5.26 Å². The van der Waals surface area contributed by atoms with Crippen LogP contribution in [0.5, 0.6) is 0 Å². The maximum absolute atomic E-state index is 12.4. The summed E-state index contributed by atoms with van der Waals surface area (Å²) in [6.07, 6.45) is 0. The first-order valence-corrected chi connectivity index (χ1v) is 25.7. The number of nitriles is 1. The molecule has 4 heterocycles. The molecular formula is C68H36N4S2. The number of aromatic nitrogens is 2. The van der Waals surface area contributed by atoms with Crippen LogP contribution in [0.15, 0.2) is 218 Å². The van der Waals surface area contributed by atoms with Crippen molar-refractivity contribution in [3.8, 4) is 50.8 Å². The average molecular weight is 982 g/mol. The molecule has 0 bridgehead atoms. The van der Waals surface area contributed by atoms with E-state index in [-0.39, 0.29) is 53.1 Å². The fraction of sp³-hybridized carbons (Fsp3) is 0. The molecule has 0 aliphatic rings. The van der Waals surface area contributed by atoms with E-state index in [9.17, 15) is 17.3 Å². The van der Waals surface area contributed by atoms with E-state index in [0.29, 0.717) is 82.7 Å². The molecule has 0 spiro atoms. The van der Waals surface area contributed by atoms with Gasteiger partial charge in [-0.05, 0) is 74.1 Å². The number of nitrogens with zero attached hydrogens (tertiary/aromatic N) is 4. The summed E-state index contributed by atoms with van der Waals surface area (Å²) < 4.78 is 90.6. The lowest BCUT2D eigenvalue weighted by Crippen LogP contribution is -2.09. The van der Waals surface area contributed by atoms with Gasteiger partial charge in [-0.15, -0.1) is 22.7 Å². The van der Waals surface area contributed by atoms with Crippen molar-refractivity contribution >= 4 is 134 Å². The van der Waals surface area contributed by atoms with E-state index in [0.717, 1.165) is 62.0 Å². The second kappa shape index (κ2) is 15.5. The lowest BCUT2D eigenvalue weighted by Gasteiger charge is -2.26. The van der Waals surface area contributed by atoms with Crippen molar-refractivity contribution in [3.05, 3.63) is 235 Å². The SMILES string of the molecule is [2H]c1c([2H])c([2H])c(-c2cc3c4ccccc4sc3c3c2c2ccc4c5ccccc5sc4c2n3-c2c(C#N)c(-c3ccccc3)c([N+]#[C-])c(-n3c4cccc5c6c([2H])c([2H])c([2H])c([2H])c6c6cccc3c6c54)c2-c2ccccc2)c([2H])c1[2H]. The molecule has 0 saturated heterocycles. The Morgan fingerprint density at radius 2 is 0.986 bits per heavy atom. The topological polar surface area (TPSA) is 38.0 Å². The van der Waals surface area contributed by atoms with Crippen LogP contribution in [0.1, 0.15) is 17.9 Å². The van der Waals surface area contributed by atoms with E-state index in [1.54, 1.807) is 22.7 Å². The maximum Gasteiger partial charge on any atom is 0.220 e. The summed E-state index contributed by atoms with van der Waals surface area (Å²) in [6, 6.07) is 52.8. The van der Waals surface area contributed by atoms with E-state index in [2.05, 4.69) is 50.4 Å². The normalized spacial score (nSPS) is 13.7. The molecular weight excluding hydrogens is 937 g/mol. The van der Waals surface area contributed by atoms with Crippen LogP contribution in [-0.4, -0.2) is 9.13 Å². The Hall–Kier alpha value is -9.56. The minimum atomic E-state index is -0.505. The third-order valence-electron chi connectivity index (χ3n) is 14.9. The molecule has 6 heteroatoms. The Balaban J connectivity index is 1.23. The molecule has 74 heavy (non-hydrogen) atoms. The van der Waals surface area contributed by atoms with Gasteiger partial charge in [0.15, 0.2) is 0 Å². The quantitative estimate of drug-likeness (QED) is 0.125. The van der Waals surface area contributed by atoms with Gasteiger partial charge in [0.1, 0.15) is 6.07 Å². The zero-order valence-electron chi connectivity index (χ0n) is 47.7. The smallest absolute Gasteiger partial charge is 0.220 e. The largest absolute Gasteiger partial charge is 0.318 e. The van der Waals surface area contributed by atoms with Gasteiger partial charge in [-0.25, -0.2) is 4.85 Å². The minimum Gasteiger partial charge on any atom is -0.318 e. The summed E-state index contributed by atoms with van der Waals surface area (Å²) in [7, 11) is 0. The molecule has 16 aromatic rings. The Morgan fingerprint density at radius 1 is 0.446 bits per heavy atom. The van der Waals surface area contributed by atoms with E-state index in [1.807, 2.05) is 133 Å². The molecule has 0 amide bonds. The molecule has 0 N–H and O–H groups in total. The van der Waals surface area contributed by atoms with Gasteiger partial charge in [-0.3, -0.25) is 0 Å². The first-order chi connectivity index (χ1) is 40.4. The van der Waals surface area contributed by atoms with Crippen molar-refractivity contribution in [1.82, 2.24) is 9.13 Å². The number of benzene rings is 12. The van der Waals surface area contributed by atoms with Gasteiger partial charge in [-0.2, -0.15) is 5.26 Å². The van der Waals surface area contributed by atoms with Crippen molar-refractivity contribution in [3.63, 3.8) is 0 Å². The van der Waals surface area contributed by atoms with Crippen molar-refractivity contribution in [2.45, 2.75) is 0 Å². The van der Waals surface area contributed by atoms with Crippen LogP contribution in [0.3, 0.4) is 0 Å². The molecule has 0 atom stereocenters. The number of thiophene rings is 2. The van der Waals surface area contributed by atoms with Gasteiger partial charge in [0, 0.05) is 63.6 Å². The predicted molar refractivity (Wildman–Crippen MR) is 314 cm³/mol. The second-order valence-electron chi connectivity index (χ2n) is 18.5. The first kappa shape index (κ1) is 33.2. The number of hydrogen-bond acceptors (Lipinski definition) is 3. The highest BCUT2D eigenvalue weighted by molar-refractivity contribution is 7.27. The van der Waals surface area contributed by atoms with Gasteiger partial charge in [0.2, 0.25) is 5.69 Å². The highest BCUT2D eigenvalue weighted by Crippen LogP contribution is 2.56. The van der Waals surface area contributed by atoms with Crippen LogP contribution in [0.4, 0.5) is 5.69 Å². The molecule has 0 saturated carbocycles. The van der Waals surface area contributed by atoms with Crippen molar-refractivity contribution in [2.75, 3.05) is 0 Å².